The Morgan fingerprint density at radius 1 is 1.27 bits per heavy atom. The maximum absolute atomic E-state index is 12.3. The minimum Gasteiger partial charge on any atom is -0.324 e. The van der Waals surface area contributed by atoms with Gasteiger partial charge in [-0.1, -0.05) is 12.1 Å². The lowest BCUT2D eigenvalue weighted by molar-refractivity contribution is 0.102. The number of carbonyl (C=O) groups excluding carboxylic acids is 1. The molecule has 1 aromatic carbocycles. The highest BCUT2D eigenvalue weighted by atomic mass is 35.5. The van der Waals surface area contributed by atoms with Crippen molar-refractivity contribution >= 4 is 35.0 Å². The summed E-state index contributed by atoms with van der Waals surface area (Å²) in [6.07, 6.45) is 3.26. The number of hydrogen-bond acceptors (Lipinski definition) is 4. The van der Waals surface area contributed by atoms with Crippen LogP contribution in [0.3, 0.4) is 0 Å². The summed E-state index contributed by atoms with van der Waals surface area (Å²) in [5.41, 5.74) is 8.68. The Balaban J connectivity index is 0.00000176. The third-order valence-corrected chi connectivity index (χ3v) is 3.30. The van der Waals surface area contributed by atoms with Crippen LogP contribution in [0.5, 0.6) is 0 Å². The van der Waals surface area contributed by atoms with E-state index in [1.54, 1.807) is 30.6 Å². The number of nitrogens with two attached hydrogens (primary N) is 1. The highest BCUT2D eigenvalue weighted by molar-refractivity contribution is 6.08. The lowest BCUT2D eigenvalue weighted by Gasteiger charge is -2.08. The van der Waals surface area contributed by atoms with Crippen LogP contribution in [0.25, 0.3) is 11.0 Å². The second kappa shape index (κ2) is 6.55. The molecule has 7 heteroatoms. The van der Waals surface area contributed by atoms with Crippen LogP contribution in [0.1, 0.15) is 28.9 Å². The first-order chi connectivity index (χ1) is 10.1. The van der Waals surface area contributed by atoms with Crippen LogP contribution in [0.15, 0.2) is 42.7 Å². The van der Waals surface area contributed by atoms with E-state index in [0.29, 0.717) is 16.9 Å². The van der Waals surface area contributed by atoms with Gasteiger partial charge in [-0.25, -0.2) is 4.98 Å². The number of carbonyl (C=O) groups is 1. The van der Waals surface area contributed by atoms with Crippen LogP contribution >= 0.6 is 12.4 Å². The average molecular weight is 318 g/mol. The number of aromatic nitrogens is 3. The molecule has 0 radical (unpaired) electrons. The third-order valence-electron chi connectivity index (χ3n) is 3.30. The van der Waals surface area contributed by atoms with Gasteiger partial charge in [0.25, 0.3) is 5.91 Å². The molecule has 1 atom stereocenters. The standard InChI is InChI=1S/C15H15N5O.ClH/c1-9(16)10-2-4-11(5-3-10)15(21)19-13-6-7-17-14-12(13)8-18-20-14;/h2-9H,16H2,1H3,(H2,17,18,19,20,21);1H/t9-;/m1./s1. The minimum absolute atomic E-state index is 0. The largest absolute Gasteiger partial charge is 0.324 e. The normalized spacial score (nSPS) is 11.7. The SMILES string of the molecule is C[C@@H](N)c1ccc(C(=O)Nc2ccnc3[nH]ncc23)cc1.Cl. The van der Waals surface area contributed by atoms with E-state index >= 15 is 0 Å². The van der Waals surface area contributed by atoms with E-state index in [2.05, 4.69) is 20.5 Å². The molecule has 6 nitrogen and oxygen atoms in total. The van der Waals surface area contributed by atoms with E-state index in [4.69, 9.17) is 5.73 Å². The lowest BCUT2D eigenvalue weighted by atomic mass is 10.1. The smallest absolute Gasteiger partial charge is 0.255 e. The molecule has 4 N–H and O–H groups in total. The van der Waals surface area contributed by atoms with Crippen molar-refractivity contribution in [1.82, 2.24) is 15.2 Å². The molecule has 0 fully saturated rings. The summed E-state index contributed by atoms with van der Waals surface area (Å²) in [6.45, 7) is 1.90. The van der Waals surface area contributed by atoms with Crippen LogP contribution < -0.4 is 11.1 Å². The molecule has 2 heterocycles. The zero-order valence-electron chi connectivity index (χ0n) is 11.9. The lowest BCUT2D eigenvalue weighted by Crippen LogP contribution is -2.12. The van der Waals surface area contributed by atoms with Gasteiger partial charge in [0.2, 0.25) is 0 Å². The monoisotopic (exact) mass is 317 g/mol. The van der Waals surface area contributed by atoms with Crippen LogP contribution in [0, 0.1) is 0 Å². The second-order valence-corrected chi connectivity index (χ2v) is 4.86. The molecular formula is C15H16ClN5O. The molecule has 3 rings (SSSR count). The van der Waals surface area contributed by atoms with E-state index < -0.39 is 0 Å². The van der Waals surface area contributed by atoms with Crippen molar-refractivity contribution in [2.24, 2.45) is 5.73 Å². The van der Waals surface area contributed by atoms with Gasteiger partial charge in [-0.3, -0.25) is 9.89 Å². The second-order valence-electron chi connectivity index (χ2n) is 4.86. The molecule has 114 valence electrons. The van der Waals surface area contributed by atoms with Crippen molar-refractivity contribution in [3.05, 3.63) is 53.9 Å². The number of nitrogens with zero attached hydrogens (tertiary/aromatic N) is 2. The summed E-state index contributed by atoms with van der Waals surface area (Å²) in [7, 11) is 0. The van der Waals surface area contributed by atoms with Gasteiger partial charge in [0.15, 0.2) is 5.65 Å². The molecule has 0 bridgehead atoms. The molecule has 0 saturated carbocycles. The van der Waals surface area contributed by atoms with Crippen molar-refractivity contribution in [3.63, 3.8) is 0 Å². The molecule has 0 aliphatic heterocycles. The number of benzene rings is 1. The van der Waals surface area contributed by atoms with E-state index in [1.165, 1.54) is 0 Å². The first kappa shape index (κ1) is 15.9. The van der Waals surface area contributed by atoms with Gasteiger partial charge < -0.3 is 11.1 Å². The van der Waals surface area contributed by atoms with Crippen LogP contribution in [-0.4, -0.2) is 21.1 Å². The van der Waals surface area contributed by atoms with Gasteiger partial charge in [0.05, 0.1) is 17.3 Å². The van der Waals surface area contributed by atoms with Crippen molar-refractivity contribution < 1.29 is 4.79 Å². The maximum atomic E-state index is 12.3. The Kier molecular flexibility index (Phi) is 4.75. The summed E-state index contributed by atoms with van der Waals surface area (Å²) >= 11 is 0. The molecule has 0 aliphatic carbocycles. The number of anilines is 1. The van der Waals surface area contributed by atoms with Gasteiger partial charge in [0.1, 0.15) is 0 Å². The Morgan fingerprint density at radius 2 is 2.00 bits per heavy atom. The zero-order valence-corrected chi connectivity index (χ0v) is 12.7. The molecular weight excluding hydrogens is 302 g/mol. The summed E-state index contributed by atoms with van der Waals surface area (Å²) in [5.74, 6) is -0.181. The number of pyridine rings is 1. The minimum atomic E-state index is -0.181. The molecule has 1 amide bonds. The number of hydrogen-bond donors (Lipinski definition) is 3. The summed E-state index contributed by atoms with van der Waals surface area (Å²) in [5, 5.41) is 10.3. The van der Waals surface area contributed by atoms with Crippen LogP contribution in [0.2, 0.25) is 0 Å². The summed E-state index contributed by atoms with van der Waals surface area (Å²) < 4.78 is 0. The van der Waals surface area contributed by atoms with E-state index in [0.717, 1.165) is 10.9 Å². The number of H-pyrrole nitrogens is 1. The quantitative estimate of drug-likeness (QED) is 0.691. The van der Waals surface area contributed by atoms with Crippen molar-refractivity contribution in [3.8, 4) is 0 Å². The number of fused-ring (bicyclic) bond motifs is 1. The molecule has 0 unspecified atom stereocenters. The van der Waals surface area contributed by atoms with Crippen molar-refractivity contribution in [1.29, 1.82) is 0 Å². The Labute approximate surface area is 133 Å². The summed E-state index contributed by atoms with van der Waals surface area (Å²) in [6, 6.07) is 8.95. The third kappa shape index (κ3) is 3.08. The first-order valence-corrected chi connectivity index (χ1v) is 6.60. The van der Waals surface area contributed by atoms with E-state index in [-0.39, 0.29) is 24.4 Å². The number of aromatic amines is 1. The first-order valence-electron chi connectivity index (χ1n) is 6.60. The molecule has 0 spiro atoms. The number of rotatable bonds is 3. The van der Waals surface area contributed by atoms with E-state index in [1.807, 2.05) is 19.1 Å². The van der Waals surface area contributed by atoms with Gasteiger partial charge >= 0.3 is 0 Å². The Morgan fingerprint density at radius 3 is 2.68 bits per heavy atom. The number of amides is 1. The van der Waals surface area contributed by atoms with Crippen molar-refractivity contribution in [2.45, 2.75) is 13.0 Å². The van der Waals surface area contributed by atoms with Crippen LogP contribution in [0.4, 0.5) is 5.69 Å². The highest BCUT2D eigenvalue weighted by Crippen LogP contribution is 2.20. The topological polar surface area (TPSA) is 96.7 Å². The molecule has 0 aliphatic rings. The van der Waals surface area contributed by atoms with E-state index in [9.17, 15) is 4.79 Å². The zero-order chi connectivity index (χ0) is 14.8. The average Bonchev–Trinajstić information content (AvgIpc) is 2.97. The fraction of sp³-hybridized carbons (Fsp3) is 0.133. The van der Waals surface area contributed by atoms with Gasteiger partial charge in [-0.05, 0) is 30.7 Å². The predicted octanol–water partition coefficient (Wildman–Crippen LogP) is 2.65. The fourth-order valence-corrected chi connectivity index (χ4v) is 2.09. The molecule has 0 saturated heterocycles. The van der Waals surface area contributed by atoms with Gasteiger partial charge in [-0.15, -0.1) is 12.4 Å². The van der Waals surface area contributed by atoms with Gasteiger partial charge in [0, 0.05) is 17.8 Å². The van der Waals surface area contributed by atoms with Crippen molar-refractivity contribution in [2.75, 3.05) is 5.32 Å². The molecule has 3 aromatic rings. The molecule has 2 aromatic heterocycles. The van der Waals surface area contributed by atoms with Crippen LogP contribution in [-0.2, 0) is 0 Å². The predicted molar refractivity (Wildman–Crippen MR) is 88.1 cm³/mol. The number of nitrogens with one attached hydrogen (secondary N) is 2. The van der Waals surface area contributed by atoms with Gasteiger partial charge in [-0.2, -0.15) is 5.10 Å². The summed E-state index contributed by atoms with van der Waals surface area (Å²) in [4.78, 5) is 16.4. The fourth-order valence-electron chi connectivity index (χ4n) is 2.09. The Bertz CT molecular complexity index is 782. The molecule has 22 heavy (non-hydrogen) atoms. The Hall–Kier alpha value is -2.44. The number of halogens is 1. The maximum Gasteiger partial charge on any atom is 0.255 e. The highest BCUT2D eigenvalue weighted by Gasteiger charge is 2.10.